The summed E-state index contributed by atoms with van der Waals surface area (Å²) in [6.45, 7) is 9.80. The Labute approximate surface area is 455 Å². The SMILES string of the molecule is CCCN(OCC)C(=O)C1=Cc2ccc(-n3cc(S(=O)(=O)NCCOCCOCCOCCOCCOCCOCCOCCOCCOCCOCCC(=O)Oc4c(F)c(F)c(S(=O)(=O)O)c(F)c4F)cn3)cc2N=C(N)C1. The summed E-state index contributed by atoms with van der Waals surface area (Å²) in [6.07, 6.45) is 4.63. The monoisotopic (exact) mass is 1170 g/mol. The van der Waals surface area contributed by atoms with Crippen LogP contribution in [0.1, 0.15) is 38.7 Å². The number of esters is 1. The number of fused-ring (bicyclic) bond motifs is 1. The first-order valence-corrected chi connectivity index (χ1v) is 27.9. The second-order valence-corrected chi connectivity index (χ2v) is 19.4. The highest BCUT2D eigenvalue weighted by Gasteiger charge is 2.34. The number of carbonyl (C=O) groups is 2. The molecule has 1 aliphatic heterocycles. The van der Waals surface area contributed by atoms with E-state index in [4.69, 9.17) is 62.5 Å². The van der Waals surface area contributed by atoms with Gasteiger partial charge in [-0.3, -0.25) is 19.0 Å². The van der Waals surface area contributed by atoms with Crippen LogP contribution in [0.2, 0.25) is 0 Å². The van der Waals surface area contributed by atoms with E-state index in [2.05, 4.69) is 19.6 Å². The van der Waals surface area contributed by atoms with E-state index in [9.17, 15) is 44.0 Å². The molecule has 1 aromatic heterocycles. The molecule has 0 spiro atoms. The van der Waals surface area contributed by atoms with Crippen LogP contribution in [0.4, 0.5) is 23.2 Å². The number of nitrogens with one attached hydrogen (secondary N) is 1. The van der Waals surface area contributed by atoms with Gasteiger partial charge in [0.15, 0.2) is 16.5 Å². The van der Waals surface area contributed by atoms with Crippen LogP contribution in [0.3, 0.4) is 0 Å². The van der Waals surface area contributed by atoms with Crippen LogP contribution in [-0.2, 0) is 81.9 Å². The first kappa shape index (κ1) is 66.4. The Morgan fingerprint density at radius 1 is 0.696 bits per heavy atom. The highest BCUT2D eigenvalue weighted by Crippen LogP contribution is 2.33. The van der Waals surface area contributed by atoms with Gasteiger partial charge in [0.05, 0.1) is 169 Å². The molecule has 25 nitrogen and oxygen atoms in total. The molecule has 0 unspecified atom stereocenters. The molecule has 0 fully saturated rings. The first-order valence-electron chi connectivity index (χ1n) is 25.0. The number of carbonyl (C=O) groups excluding carboxylic acids is 2. The number of sulfonamides is 1. The van der Waals surface area contributed by atoms with Crippen molar-refractivity contribution >= 4 is 49.6 Å². The van der Waals surface area contributed by atoms with Crippen molar-refractivity contribution in [1.29, 1.82) is 0 Å². The van der Waals surface area contributed by atoms with Gasteiger partial charge in [-0.05, 0) is 31.6 Å². The molecule has 0 bridgehead atoms. The molecule has 1 amide bonds. The summed E-state index contributed by atoms with van der Waals surface area (Å²) in [4.78, 5) is 32.7. The number of aliphatic imine (C=N–C) groups is 1. The van der Waals surface area contributed by atoms with Crippen molar-refractivity contribution in [2.75, 3.05) is 152 Å². The molecule has 4 rings (SSSR count). The molecule has 0 radical (unpaired) electrons. The maximum absolute atomic E-state index is 14.0. The third-order valence-electron chi connectivity index (χ3n) is 10.3. The van der Waals surface area contributed by atoms with Crippen molar-refractivity contribution in [3.8, 4) is 11.4 Å². The van der Waals surface area contributed by atoms with Gasteiger partial charge in [0.1, 0.15) is 10.7 Å². The zero-order valence-electron chi connectivity index (χ0n) is 43.8. The number of hydrogen-bond donors (Lipinski definition) is 3. The van der Waals surface area contributed by atoms with Crippen molar-refractivity contribution < 1.29 is 105 Å². The highest BCUT2D eigenvalue weighted by atomic mass is 32.2. The van der Waals surface area contributed by atoms with E-state index in [1.54, 1.807) is 24.3 Å². The molecule has 444 valence electrons. The third-order valence-corrected chi connectivity index (χ3v) is 12.6. The maximum atomic E-state index is 14.0. The number of hydrogen-bond acceptors (Lipinski definition) is 21. The summed E-state index contributed by atoms with van der Waals surface area (Å²) in [5.74, 6) is -12.7. The number of nitrogens with zero attached hydrogens (tertiary/aromatic N) is 4. The summed E-state index contributed by atoms with van der Waals surface area (Å²) in [6, 6.07) is 5.22. The number of hydroxylamine groups is 2. The normalized spacial score (nSPS) is 12.8. The number of aromatic nitrogens is 2. The number of amidine groups is 1. The van der Waals surface area contributed by atoms with Crippen LogP contribution in [-0.4, -0.2) is 206 Å². The number of halogens is 4. The maximum Gasteiger partial charge on any atom is 0.313 e. The van der Waals surface area contributed by atoms with E-state index >= 15 is 0 Å². The van der Waals surface area contributed by atoms with E-state index in [0.717, 1.165) is 6.42 Å². The van der Waals surface area contributed by atoms with Gasteiger partial charge in [-0.2, -0.15) is 22.3 Å². The molecular weight excluding hydrogens is 1100 g/mol. The molecule has 0 aliphatic carbocycles. The molecule has 3 aromatic rings. The Balaban J connectivity index is 0.875. The van der Waals surface area contributed by atoms with Crippen LogP contribution >= 0.6 is 0 Å². The topological polar surface area (TPSA) is 305 Å². The Morgan fingerprint density at radius 2 is 1.16 bits per heavy atom. The molecule has 79 heavy (non-hydrogen) atoms. The largest absolute Gasteiger partial charge is 0.420 e. The number of rotatable bonds is 43. The lowest BCUT2D eigenvalue weighted by atomic mass is 10.1. The molecule has 1 aliphatic rings. The smallest absolute Gasteiger partial charge is 0.313 e. The molecule has 0 atom stereocenters. The number of amides is 1. The average molecular weight is 1170 g/mol. The minimum Gasteiger partial charge on any atom is -0.420 e. The lowest BCUT2D eigenvalue weighted by Gasteiger charge is -2.21. The predicted molar refractivity (Wildman–Crippen MR) is 271 cm³/mol. The quantitative estimate of drug-likeness (QED) is 0.0139. The zero-order chi connectivity index (χ0) is 57.5. The van der Waals surface area contributed by atoms with Crippen LogP contribution in [0.5, 0.6) is 5.75 Å². The number of benzene rings is 2. The minimum absolute atomic E-state index is 0.0113. The standard InChI is InChI=1S/C48H68F4N6O19S2/c1-3-9-58(76-4-2)48(60)36-30-35-5-6-37(32-39(35)56-40(53)31-36)57-34-38(33-54-57)78(61,62)55-8-11-67-13-15-69-17-19-71-21-23-73-25-27-75-29-28-74-26-24-72-22-20-70-18-16-68-14-12-66-10-7-41(59)77-46-42(49)44(51)47(79(63,64)65)45(52)43(46)50/h5-6,30,32-34,55H,3-4,7-29,31H2,1-2H3,(H2,53,56)(H,63,64,65). The van der Waals surface area contributed by atoms with Crippen molar-refractivity contribution in [3.05, 3.63) is 65.0 Å². The molecule has 2 heterocycles. The van der Waals surface area contributed by atoms with Crippen molar-refractivity contribution in [3.63, 3.8) is 0 Å². The van der Waals surface area contributed by atoms with Gasteiger partial charge in [-0.15, -0.1) is 0 Å². The van der Waals surface area contributed by atoms with E-state index < -0.39 is 66.4 Å². The van der Waals surface area contributed by atoms with Crippen molar-refractivity contribution in [2.45, 2.75) is 42.9 Å². The van der Waals surface area contributed by atoms with Gasteiger partial charge >= 0.3 is 16.1 Å². The minimum atomic E-state index is -5.65. The fourth-order valence-corrected chi connectivity index (χ4v) is 8.21. The molecule has 2 aromatic carbocycles. The lowest BCUT2D eigenvalue weighted by molar-refractivity contribution is -0.180. The Kier molecular flexibility index (Phi) is 30.5. The van der Waals surface area contributed by atoms with Crippen LogP contribution in [0.25, 0.3) is 11.8 Å². The van der Waals surface area contributed by atoms with Crippen LogP contribution in [0.15, 0.2) is 50.9 Å². The van der Waals surface area contributed by atoms with Crippen molar-refractivity contribution in [2.24, 2.45) is 10.7 Å². The van der Waals surface area contributed by atoms with Gasteiger partial charge in [-0.1, -0.05) is 13.0 Å². The predicted octanol–water partition coefficient (Wildman–Crippen LogP) is 3.08. The first-order chi connectivity index (χ1) is 38.0. The Morgan fingerprint density at radius 3 is 1.62 bits per heavy atom. The lowest BCUT2D eigenvalue weighted by Crippen LogP contribution is -2.34. The Hall–Kier alpha value is -5.10. The zero-order valence-corrected chi connectivity index (χ0v) is 45.5. The molecule has 0 saturated carbocycles. The fraction of sp³-hybridized carbons (Fsp3) is 0.583. The summed E-state index contributed by atoms with van der Waals surface area (Å²) in [5, 5.41) is 5.57. The van der Waals surface area contributed by atoms with Gasteiger partial charge in [0, 0.05) is 30.6 Å². The second kappa shape index (κ2) is 36.3. The van der Waals surface area contributed by atoms with Gasteiger partial charge in [0.2, 0.25) is 27.4 Å². The second-order valence-electron chi connectivity index (χ2n) is 16.3. The van der Waals surface area contributed by atoms with Crippen LogP contribution in [0, 0.1) is 23.3 Å². The van der Waals surface area contributed by atoms with Crippen LogP contribution < -0.4 is 15.2 Å². The van der Waals surface area contributed by atoms with E-state index in [1.165, 1.54) is 22.1 Å². The van der Waals surface area contributed by atoms with Gasteiger partial charge in [0.25, 0.3) is 5.91 Å². The molecular formula is C48H68F4N6O19S2. The van der Waals surface area contributed by atoms with E-state index in [1.807, 2.05) is 13.8 Å². The fourth-order valence-electron chi connectivity index (χ4n) is 6.63. The molecule has 31 heteroatoms. The highest BCUT2D eigenvalue weighted by molar-refractivity contribution is 7.89. The van der Waals surface area contributed by atoms with Gasteiger partial charge < -0.3 is 57.8 Å². The van der Waals surface area contributed by atoms with Crippen molar-refractivity contribution in [1.82, 2.24) is 19.6 Å². The summed E-state index contributed by atoms with van der Waals surface area (Å²) < 4.78 is 175. The number of ether oxygens (including phenoxy) is 11. The van der Waals surface area contributed by atoms with E-state index in [0.29, 0.717) is 122 Å². The average Bonchev–Trinajstić information content (AvgIpc) is 3.92. The summed E-state index contributed by atoms with van der Waals surface area (Å²) in [5.41, 5.74) is 8.34. The van der Waals surface area contributed by atoms with E-state index in [-0.39, 0.29) is 75.9 Å². The Bertz CT molecular complexity index is 2620. The summed E-state index contributed by atoms with van der Waals surface area (Å²) in [7, 11) is -9.54. The summed E-state index contributed by atoms with van der Waals surface area (Å²) >= 11 is 0. The molecule has 4 N–H and O–H groups in total. The third kappa shape index (κ3) is 23.9. The number of nitrogens with two attached hydrogens (primary N) is 1. The molecule has 0 saturated heterocycles. The van der Waals surface area contributed by atoms with Gasteiger partial charge in [-0.25, -0.2) is 36.7 Å².